The second-order valence-corrected chi connectivity index (χ2v) is 7.22. The highest BCUT2D eigenvalue weighted by atomic mass is 79.9. The molecule has 0 spiro atoms. The Hall–Kier alpha value is -0.540. The lowest BCUT2D eigenvalue weighted by molar-refractivity contribution is 0.121. The number of benzene rings is 1. The summed E-state index contributed by atoms with van der Waals surface area (Å²) in [6.45, 7) is 4.43. The average Bonchev–Trinajstić information content (AvgIpc) is 2.50. The van der Waals surface area contributed by atoms with Crippen LogP contribution in [0, 0.1) is 5.92 Å². The molecule has 0 bridgehead atoms. The molecule has 2 rings (SSSR count). The van der Waals surface area contributed by atoms with Crippen molar-refractivity contribution in [1.82, 2.24) is 0 Å². The molecule has 3 atom stereocenters. The summed E-state index contributed by atoms with van der Waals surface area (Å²) in [6, 6.07) is 6.52. The summed E-state index contributed by atoms with van der Waals surface area (Å²) >= 11 is 3.56. The van der Waals surface area contributed by atoms with Gasteiger partial charge in [-0.2, -0.15) is 0 Å². The minimum absolute atomic E-state index is 0.205. The first-order valence-corrected chi connectivity index (χ1v) is 9.12. The van der Waals surface area contributed by atoms with Crippen LogP contribution in [-0.2, 0) is 6.42 Å². The van der Waals surface area contributed by atoms with E-state index >= 15 is 0 Å². The van der Waals surface area contributed by atoms with Crippen molar-refractivity contribution >= 4 is 15.9 Å². The molecule has 0 radical (unpaired) electrons. The highest BCUT2D eigenvalue weighted by Crippen LogP contribution is 2.32. The molecule has 0 aliphatic heterocycles. The van der Waals surface area contributed by atoms with Crippen LogP contribution in [-0.4, -0.2) is 12.1 Å². The van der Waals surface area contributed by atoms with Crippen LogP contribution in [0.4, 0.5) is 0 Å². The summed E-state index contributed by atoms with van der Waals surface area (Å²) in [6.07, 6.45) is 8.57. The maximum Gasteiger partial charge on any atom is 0.123 e. The van der Waals surface area contributed by atoms with Gasteiger partial charge in [0.05, 0.1) is 6.10 Å². The Morgan fingerprint density at radius 1 is 1.33 bits per heavy atom. The molecule has 0 aromatic heterocycles. The van der Waals surface area contributed by atoms with Gasteiger partial charge in [0.1, 0.15) is 5.75 Å². The van der Waals surface area contributed by atoms with E-state index in [0.717, 1.165) is 29.0 Å². The van der Waals surface area contributed by atoms with Crippen molar-refractivity contribution in [2.75, 3.05) is 0 Å². The van der Waals surface area contributed by atoms with Crippen LogP contribution in [0.1, 0.15) is 57.9 Å². The van der Waals surface area contributed by atoms with E-state index in [1.807, 2.05) is 0 Å². The largest absolute Gasteiger partial charge is 0.490 e. The summed E-state index contributed by atoms with van der Waals surface area (Å²) in [5.41, 5.74) is 7.36. The predicted molar refractivity (Wildman–Crippen MR) is 92.8 cm³/mol. The van der Waals surface area contributed by atoms with Gasteiger partial charge in [0.15, 0.2) is 0 Å². The molecule has 2 nitrogen and oxygen atoms in total. The molecule has 1 aromatic carbocycles. The first kappa shape index (κ1) is 16.8. The second-order valence-electron chi connectivity index (χ2n) is 6.31. The number of hydrogen-bond acceptors (Lipinski definition) is 2. The smallest absolute Gasteiger partial charge is 0.123 e. The lowest BCUT2D eigenvalue weighted by atomic mass is 9.85. The quantitative estimate of drug-likeness (QED) is 0.773. The van der Waals surface area contributed by atoms with Crippen LogP contribution in [0.3, 0.4) is 0 Å². The van der Waals surface area contributed by atoms with E-state index in [9.17, 15) is 0 Å². The lowest BCUT2D eigenvalue weighted by Gasteiger charge is -2.30. The summed E-state index contributed by atoms with van der Waals surface area (Å²) in [5.74, 6) is 1.87. The van der Waals surface area contributed by atoms with Crippen molar-refractivity contribution in [2.45, 2.75) is 70.9 Å². The summed E-state index contributed by atoms with van der Waals surface area (Å²) in [5, 5.41) is 0. The normalized spacial score (nSPS) is 23.8. The molecule has 1 aliphatic rings. The summed E-state index contributed by atoms with van der Waals surface area (Å²) in [4.78, 5) is 0. The molecule has 1 saturated carbocycles. The van der Waals surface area contributed by atoms with Crippen LogP contribution in [0.2, 0.25) is 0 Å². The molecule has 118 valence electrons. The third-order valence-electron chi connectivity index (χ3n) is 4.63. The molecule has 3 unspecified atom stereocenters. The van der Waals surface area contributed by atoms with Crippen molar-refractivity contribution in [1.29, 1.82) is 0 Å². The van der Waals surface area contributed by atoms with Crippen LogP contribution in [0.25, 0.3) is 0 Å². The SMILES string of the molecule is CCC(N)Cc1cc(Br)ccc1OC1CCCC(CC)C1. The third kappa shape index (κ3) is 5.00. The molecular formula is C18H28BrNO. The molecule has 0 saturated heterocycles. The first-order valence-electron chi connectivity index (χ1n) is 8.33. The minimum Gasteiger partial charge on any atom is -0.490 e. The molecule has 1 aromatic rings. The van der Waals surface area contributed by atoms with Gasteiger partial charge >= 0.3 is 0 Å². The van der Waals surface area contributed by atoms with Crippen molar-refractivity contribution in [3.63, 3.8) is 0 Å². The molecule has 3 heteroatoms. The number of rotatable bonds is 6. The first-order chi connectivity index (χ1) is 10.1. The Balaban J connectivity index is 2.07. The van der Waals surface area contributed by atoms with Gasteiger partial charge in [0.2, 0.25) is 0 Å². The molecule has 1 aliphatic carbocycles. The Kier molecular flexibility index (Phi) is 6.56. The third-order valence-corrected chi connectivity index (χ3v) is 5.13. The Labute approximate surface area is 137 Å². The van der Waals surface area contributed by atoms with Crippen molar-refractivity contribution in [2.24, 2.45) is 11.7 Å². The highest BCUT2D eigenvalue weighted by molar-refractivity contribution is 9.10. The van der Waals surface area contributed by atoms with Gasteiger partial charge in [-0.25, -0.2) is 0 Å². The van der Waals surface area contributed by atoms with Gasteiger partial charge < -0.3 is 10.5 Å². The number of nitrogens with two attached hydrogens (primary N) is 1. The fraction of sp³-hybridized carbons (Fsp3) is 0.667. The number of halogens is 1. The minimum atomic E-state index is 0.205. The van der Waals surface area contributed by atoms with Crippen LogP contribution in [0.5, 0.6) is 5.75 Å². The molecule has 21 heavy (non-hydrogen) atoms. The van der Waals surface area contributed by atoms with E-state index in [1.165, 1.54) is 37.7 Å². The molecule has 0 amide bonds. The standard InChI is InChI=1S/C18H28BrNO/c1-3-13-6-5-7-17(10-13)21-18-9-8-15(19)11-14(18)12-16(20)4-2/h8-9,11,13,16-17H,3-7,10,12,20H2,1-2H3. The van der Waals surface area contributed by atoms with E-state index in [4.69, 9.17) is 10.5 Å². The predicted octanol–water partition coefficient (Wildman–Crippen LogP) is 5.08. The second kappa shape index (κ2) is 8.19. The maximum absolute atomic E-state index is 6.34. The zero-order valence-electron chi connectivity index (χ0n) is 13.3. The van der Waals surface area contributed by atoms with E-state index in [2.05, 4.69) is 48.0 Å². The van der Waals surface area contributed by atoms with Gasteiger partial charge in [0, 0.05) is 10.5 Å². The Bertz CT molecular complexity index is 449. The van der Waals surface area contributed by atoms with Crippen molar-refractivity contribution in [3.8, 4) is 5.75 Å². The van der Waals surface area contributed by atoms with Crippen LogP contribution < -0.4 is 10.5 Å². The number of hydrogen-bond donors (Lipinski definition) is 1. The zero-order chi connectivity index (χ0) is 15.2. The average molecular weight is 354 g/mol. The Morgan fingerprint density at radius 3 is 2.86 bits per heavy atom. The van der Waals surface area contributed by atoms with Gasteiger partial charge in [-0.05, 0) is 61.8 Å². The molecular weight excluding hydrogens is 326 g/mol. The zero-order valence-corrected chi connectivity index (χ0v) is 14.9. The molecule has 1 fully saturated rings. The van der Waals surface area contributed by atoms with E-state index < -0.39 is 0 Å². The van der Waals surface area contributed by atoms with E-state index in [1.54, 1.807) is 0 Å². The Morgan fingerprint density at radius 2 is 2.14 bits per heavy atom. The fourth-order valence-electron chi connectivity index (χ4n) is 3.15. The summed E-state index contributed by atoms with van der Waals surface area (Å²) in [7, 11) is 0. The van der Waals surface area contributed by atoms with Crippen LogP contribution in [0.15, 0.2) is 22.7 Å². The number of ether oxygens (including phenoxy) is 1. The topological polar surface area (TPSA) is 35.2 Å². The van der Waals surface area contributed by atoms with Gasteiger partial charge in [0.25, 0.3) is 0 Å². The highest BCUT2D eigenvalue weighted by Gasteiger charge is 2.23. The van der Waals surface area contributed by atoms with Crippen molar-refractivity contribution < 1.29 is 4.74 Å². The summed E-state index contributed by atoms with van der Waals surface area (Å²) < 4.78 is 7.44. The van der Waals surface area contributed by atoms with E-state index in [0.29, 0.717) is 6.10 Å². The molecule has 0 heterocycles. The van der Waals surface area contributed by atoms with E-state index in [-0.39, 0.29) is 6.04 Å². The van der Waals surface area contributed by atoms with Gasteiger partial charge in [-0.15, -0.1) is 0 Å². The fourth-order valence-corrected chi connectivity index (χ4v) is 3.56. The molecule has 2 N–H and O–H groups in total. The van der Waals surface area contributed by atoms with Gasteiger partial charge in [-0.1, -0.05) is 42.6 Å². The monoisotopic (exact) mass is 353 g/mol. The van der Waals surface area contributed by atoms with Gasteiger partial charge in [-0.3, -0.25) is 0 Å². The van der Waals surface area contributed by atoms with Crippen LogP contribution >= 0.6 is 15.9 Å². The lowest BCUT2D eigenvalue weighted by Crippen LogP contribution is -2.26. The maximum atomic E-state index is 6.34. The van der Waals surface area contributed by atoms with Crippen molar-refractivity contribution in [3.05, 3.63) is 28.2 Å².